The van der Waals surface area contributed by atoms with E-state index in [-0.39, 0.29) is 106 Å². The lowest BCUT2D eigenvalue weighted by molar-refractivity contribution is -0.134. The summed E-state index contributed by atoms with van der Waals surface area (Å²) >= 11 is 0.784. The Balaban J connectivity index is 2.33. The number of rotatable bonds is 27. The van der Waals surface area contributed by atoms with Crippen LogP contribution in [0.25, 0.3) is 12.2 Å². The van der Waals surface area contributed by atoms with Gasteiger partial charge in [-0.05, 0) is 86.4 Å². The topological polar surface area (TPSA) is 463 Å². The van der Waals surface area contributed by atoms with Gasteiger partial charge in [0.2, 0.25) is 29.5 Å². The number of amides is 7. The quantitative estimate of drug-likeness (QED) is 0.0172. The number of aliphatic imine (C=N–C) groups is 4. The maximum absolute atomic E-state index is 14.0. The third kappa shape index (κ3) is 21.6. The molecule has 1 fully saturated rings. The molecule has 1 aromatic carbocycles. The number of nitrogens with one attached hydrogen (secondary N) is 5. The van der Waals surface area contributed by atoms with Crippen LogP contribution >= 0.6 is 11.8 Å². The fourth-order valence-electron chi connectivity index (χ4n) is 5.59. The van der Waals surface area contributed by atoms with Crippen LogP contribution in [-0.4, -0.2) is 115 Å². The molecule has 23 N–H and O–H groups in total. The summed E-state index contributed by atoms with van der Waals surface area (Å²) in [7, 11) is 0. The number of carbonyl (C=O) groups excluding carboxylic acids is 7. The Morgan fingerprint density at radius 3 is 1.29 bits per heavy atom. The molecule has 1 heterocycles. The van der Waals surface area contributed by atoms with Gasteiger partial charge in [-0.1, -0.05) is 24.3 Å². The number of thioether (sulfide) groups is 1. The summed E-state index contributed by atoms with van der Waals surface area (Å²) in [5, 5.41) is 12.2. The van der Waals surface area contributed by atoms with Crippen molar-refractivity contribution in [3.8, 4) is 0 Å². The van der Waals surface area contributed by atoms with E-state index in [0.717, 1.165) is 11.8 Å². The molecular formula is C37H58N18O7S. The van der Waals surface area contributed by atoms with Gasteiger partial charge in [0.15, 0.2) is 23.8 Å². The zero-order chi connectivity index (χ0) is 46.9. The number of benzene rings is 1. The summed E-state index contributed by atoms with van der Waals surface area (Å²) in [6.45, 7) is 0.462. The molecule has 0 unspecified atom stereocenters. The number of guanidine groups is 4. The highest BCUT2D eigenvalue weighted by molar-refractivity contribution is 8.18. The molecule has 25 nitrogen and oxygen atoms in total. The van der Waals surface area contributed by atoms with E-state index in [0.29, 0.717) is 11.1 Å². The highest BCUT2D eigenvalue weighted by atomic mass is 32.2. The molecule has 1 aliphatic rings. The standard InChI is InChI=1S/C37H58N18O7S/c38-28(57)22(5-1-15-47-33(39)40)52-30(59)24(7-3-17-49-35(43)44)54-31(60)25(8-4-18-50-36(45)46)53-29(58)23(6-2-16-48-34(41)42)51-27(56)14-13-20-9-11-21(12-10-20)19-26-32(61)55-37(62)63-26/h9-14,19,22-25H,1-8,15-18H2,(H2,38,57)(H,51,56)(H,52,59)(H,53,58)(H,54,60)(H4,39,40,47)(H4,41,42,48)(H4,43,44,49)(H4,45,46,50)(H,55,61,62)/b14-13+,26-19-/t22-,23-,24-,25-/m0/s1. The summed E-state index contributed by atoms with van der Waals surface area (Å²) in [5.41, 5.74) is 50.3. The van der Waals surface area contributed by atoms with E-state index in [9.17, 15) is 33.6 Å². The Kier molecular flexibility index (Phi) is 22.6. The van der Waals surface area contributed by atoms with Crippen LogP contribution in [0.4, 0.5) is 4.79 Å². The summed E-state index contributed by atoms with van der Waals surface area (Å²) in [5.74, 6) is -5.00. The van der Waals surface area contributed by atoms with Crippen LogP contribution in [0, 0.1) is 0 Å². The van der Waals surface area contributed by atoms with Gasteiger partial charge >= 0.3 is 0 Å². The number of imide groups is 1. The second kappa shape index (κ2) is 27.5. The number of carbonyl (C=O) groups is 7. The molecule has 1 aromatic rings. The van der Waals surface area contributed by atoms with Crippen LogP contribution in [-0.2, 0) is 28.8 Å². The third-order valence-corrected chi connectivity index (χ3v) is 9.45. The summed E-state index contributed by atoms with van der Waals surface area (Å²) in [4.78, 5) is 106. The monoisotopic (exact) mass is 898 g/mol. The van der Waals surface area contributed by atoms with E-state index in [1.165, 1.54) is 12.2 Å². The Labute approximate surface area is 367 Å². The van der Waals surface area contributed by atoms with Crippen LogP contribution in [0.5, 0.6) is 0 Å². The average molecular weight is 899 g/mol. The molecule has 0 saturated carbocycles. The molecule has 2 rings (SSSR count). The normalized spacial score (nSPS) is 14.6. The zero-order valence-corrected chi connectivity index (χ0v) is 35.4. The summed E-state index contributed by atoms with van der Waals surface area (Å²) < 4.78 is 0. The van der Waals surface area contributed by atoms with Crippen molar-refractivity contribution in [3.63, 3.8) is 0 Å². The molecule has 63 heavy (non-hydrogen) atoms. The van der Waals surface area contributed by atoms with Gasteiger partial charge in [-0.2, -0.15) is 0 Å². The van der Waals surface area contributed by atoms with E-state index < -0.39 is 64.8 Å². The van der Waals surface area contributed by atoms with Crippen molar-refractivity contribution in [2.45, 2.75) is 75.5 Å². The van der Waals surface area contributed by atoms with Gasteiger partial charge in [-0.3, -0.25) is 58.8 Å². The van der Waals surface area contributed by atoms with Crippen molar-refractivity contribution in [3.05, 3.63) is 46.4 Å². The summed E-state index contributed by atoms with van der Waals surface area (Å²) in [6.07, 6.45) is 5.27. The molecule has 0 spiro atoms. The van der Waals surface area contributed by atoms with Gasteiger partial charge in [-0.25, -0.2) is 0 Å². The number of primary amides is 1. The average Bonchev–Trinajstić information content (AvgIpc) is 3.53. The number of nitrogens with zero attached hydrogens (tertiary/aromatic N) is 4. The first-order chi connectivity index (χ1) is 29.8. The van der Waals surface area contributed by atoms with Crippen LogP contribution in [0.1, 0.15) is 62.5 Å². The Morgan fingerprint density at radius 1 is 0.556 bits per heavy atom. The van der Waals surface area contributed by atoms with Gasteiger partial charge in [0.25, 0.3) is 11.1 Å². The van der Waals surface area contributed by atoms with Crippen molar-refractivity contribution in [1.29, 1.82) is 0 Å². The van der Waals surface area contributed by atoms with Crippen LogP contribution in [0.15, 0.2) is 55.2 Å². The molecule has 0 bridgehead atoms. The van der Waals surface area contributed by atoms with Crippen molar-refractivity contribution < 1.29 is 33.6 Å². The maximum Gasteiger partial charge on any atom is 0.290 e. The molecule has 0 aliphatic carbocycles. The summed E-state index contributed by atoms with van der Waals surface area (Å²) in [6, 6.07) is 1.82. The minimum atomic E-state index is -1.29. The van der Waals surface area contributed by atoms with E-state index >= 15 is 0 Å². The Morgan fingerprint density at radius 2 is 0.921 bits per heavy atom. The number of nitrogens with two attached hydrogens (primary N) is 9. The molecule has 7 amide bonds. The largest absolute Gasteiger partial charge is 0.370 e. The molecule has 344 valence electrons. The molecule has 0 aromatic heterocycles. The van der Waals surface area contributed by atoms with E-state index in [2.05, 4.69) is 46.6 Å². The van der Waals surface area contributed by atoms with Gasteiger partial charge in [-0.15, -0.1) is 0 Å². The highest BCUT2D eigenvalue weighted by Crippen LogP contribution is 2.25. The minimum absolute atomic E-state index is 0.00396. The fourth-order valence-corrected chi connectivity index (χ4v) is 6.27. The number of hydrogen-bond donors (Lipinski definition) is 14. The van der Waals surface area contributed by atoms with Crippen molar-refractivity contribution >= 4 is 88.4 Å². The van der Waals surface area contributed by atoms with E-state index in [4.69, 9.17) is 51.6 Å². The lowest BCUT2D eigenvalue weighted by Gasteiger charge is -2.26. The molecule has 4 atom stereocenters. The van der Waals surface area contributed by atoms with E-state index in [1.807, 2.05) is 0 Å². The van der Waals surface area contributed by atoms with Gasteiger partial charge in [0.1, 0.15) is 24.2 Å². The first-order valence-electron chi connectivity index (χ1n) is 19.6. The third-order valence-electron chi connectivity index (χ3n) is 8.64. The predicted molar refractivity (Wildman–Crippen MR) is 241 cm³/mol. The Bertz CT molecular complexity index is 1950. The second-order valence-electron chi connectivity index (χ2n) is 13.8. The maximum atomic E-state index is 14.0. The lowest BCUT2D eigenvalue weighted by atomic mass is 10.0. The first-order valence-corrected chi connectivity index (χ1v) is 20.4. The Hall–Kier alpha value is -7.38. The van der Waals surface area contributed by atoms with Crippen LogP contribution < -0.4 is 78.2 Å². The van der Waals surface area contributed by atoms with Crippen molar-refractivity contribution in [1.82, 2.24) is 26.6 Å². The molecule has 1 aliphatic heterocycles. The van der Waals surface area contributed by atoms with Crippen molar-refractivity contribution in [2.75, 3.05) is 26.2 Å². The minimum Gasteiger partial charge on any atom is -0.370 e. The van der Waals surface area contributed by atoms with Gasteiger partial charge in [0, 0.05) is 32.3 Å². The fraction of sp³-hybridized carbons (Fsp3) is 0.432. The SMILES string of the molecule is NC(=O)[C@H](CCCN=C(N)N)NC(=O)[C@H](CCCN=C(N)N)NC(=O)[C@H](CCCN=C(N)N)NC(=O)[C@H](CCCN=C(N)N)NC(=O)/C=C/c1ccc(/C=C2\SC(=O)NC2=O)cc1. The molecule has 0 radical (unpaired) electrons. The van der Waals surface area contributed by atoms with Gasteiger partial charge < -0.3 is 72.9 Å². The van der Waals surface area contributed by atoms with Crippen LogP contribution in [0.3, 0.4) is 0 Å². The molecular weight excluding hydrogens is 841 g/mol. The first kappa shape index (κ1) is 51.8. The zero-order valence-electron chi connectivity index (χ0n) is 34.6. The predicted octanol–water partition coefficient (Wildman–Crippen LogP) is -4.34. The van der Waals surface area contributed by atoms with Crippen LogP contribution in [0.2, 0.25) is 0 Å². The lowest BCUT2D eigenvalue weighted by Crippen LogP contribution is -2.58. The van der Waals surface area contributed by atoms with Gasteiger partial charge in [0.05, 0.1) is 4.91 Å². The van der Waals surface area contributed by atoms with Crippen molar-refractivity contribution in [2.24, 2.45) is 71.6 Å². The van der Waals surface area contributed by atoms with E-state index in [1.54, 1.807) is 30.3 Å². The molecule has 1 saturated heterocycles. The second-order valence-corrected chi connectivity index (χ2v) is 14.8. The highest BCUT2D eigenvalue weighted by Gasteiger charge is 2.31. The smallest absolute Gasteiger partial charge is 0.290 e. The number of hydrogen-bond acceptors (Lipinski definition) is 12. The molecule has 26 heteroatoms.